The Morgan fingerprint density at radius 3 is 2.79 bits per heavy atom. The van der Waals surface area contributed by atoms with Crippen molar-refractivity contribution in [3.05, 3.63) is 35.5 Å². The van der Waals surface area contributed by atoms with E-state index in [1.807, 2.05) is 19.9 Å². The van der Waals surface area contributed by atoms with Gasteiger partial charge in [0, 0.05) is 6.07 Å². The van der Waals surface area contributed by atoms with Gasteiger partial charge in [-0.25, -0.2) is 4.98 Å². The second kappa shape index (κ2) is 4.77. The molecule has 0 aromatic carbocycles. The number of methoxy groups -OCH3 is 1. The zero-order valence-corrected chi connectivity index (χ0v) is 8.69. The van der Waals surface area contributed by atoms with Crippen LogP contribution in [0.4, 0.5) is 0 Å². The topological polar surface area (TPSA) is 42.4 Å². The summed E-state index contributed by atoms with van der Waals surface area (Å²) in [5, 5.41) is 9.72. The van der Waals surface area contributed by atoms with Gasteiger partial charge in [0.25, 0.3) is 0 Å². The molecule has 0 spiro atoms. The molecule has 0 bridgehead atoms. The lowest BCUT2D eigenvalue weighted by Crippen LogP contribution is -1.99. The van der Waals surface area contributed by atoms with Crippen molar-refractivity contribution < 1.29 is 9.84 Å². The van der Waals surface area contributed by atoms with Crippen LogP contribution < -0.4 is 4.74 Å². The molecule has 0 saturated carbocycles. The van der Waals surface area contributed by atoms with Crippen LogP contribution in [-0.2, 0) is 0 Å². The summed E-state index contributed by atoms with van der Waals surface area (Å²) in [7, 11) is 1.55. The number of aliphatic hydroxyl groups excluding tert-OH is 1. The zero-order valence-electron chi connectivity index (χ0n) is 8.69. The van der Waals surface area contributed by atoms with Gasteiger partial charge in [-0.05, 0) is 19.9 Å². The van der Waals surface area contributed by atoms with E-state index >= 15 is 0 Å². The third-order valence-electron chi connectivity index (χ3n) is 1.75. The molecule has 0 saturated heterocycles. The van der Waals surface area contributed by atoms with Gasteiger partial charge >= 0.3 is 0 Å². The summed E-state index contributed by atoms with van der Waals surface area (Å²) in [6.45, 7) is 3.87. The molecule has 0 aliphatic heterocycles. The van der Waals surface area contributed by atoms with Gasteiger partial charge in [0.2, 0.25) is 5.88 Å². The zero-order chi connectivity index (χ0) is 10.6. The minimum atomic E-state index is -0.657. The van der Waals surface area contributed by atoms with E-state index in [1.54, 1.807) is 25.3 Å². The molecule has 1 aromatic rings. The van der Waals surface area contributed by atoms with E-state index in [2.05, 4.69) is 4.98 Å². The lowest BCUT2D eigenvalue weighted by molar-refractivity contribution is 0.221. The van der Waals surface area contributed by atoms with Crippen LogP contribution in [0.3, 0.4) is 0 Å². The van der Waals surface area contributed by atoms with Crippen molar-refractivity contribution >= 4 is 0 Å². The van der Waals surface area contributed by atoms with Crippen LogP contribution in [-0.4, -0.2) is 17.2 Å². The summed E-state index contributed by atoms with van der Waals surface area (Å²) in [5.74, 6) is 0.517. The maximum Gasteiger partial charge on any atom is 0.213 e. The van der Waals surface area contributed by atoms with Gasteiger partial charge in [0.15, 0.2) is 0 Å². The van der Waals surface area contributed by atoms with Gasteiger partial charge in [-0.3, -0.25) is 0 Å². The molecule has 0 aliphatic rings. The van der Waals surface area contributed by atoms with Crippen molar-refractivity contribution in [1.29, 1.82) is 0 Å². The SMILES string of the molecule is COc1cccc(C(O)C=C(C)C)n1. The van der Waals surface area contributed by atoms with E-state index < -0.39 is 6.10 Å². The predicted molar refractivity (Wildman–Crippen MR) is 55.2 cm³/mol. The fraction of sp³-hybridized carbons (Fsp3) is 0.364. The summed E-state index contributed by atoms with van der Waals surface area (Å²) in [5.41, 5.74) is 1.66. The second-order valence-corrected chi connectivity index (χ2v) is 3.29. The third kappa shape index (κ3) is 2.85. The molecule has 1 unspecified atom stereocenters. The molecule has 3 heteroatoms. The summed E-state index contributed by atoms with van der Waals surface area (Å²) in [4.78, 5) is 4.13. The summed E-state index contributed by atoms with van der Waals surface area (Å²) >= 11 is 0. The van der Waals surface area contributed by atoms with E-state index in [9.17, 15) is 5.11 Å². The van der Waals surface area contributed by atoms with Crippen LogP contribution in [0.15, 0.2) is 29.8 Å². The highest BCUT2D eigenvalue weighted by Crippen LogP contribution is 2.16. The van der Waals surface area contributed by atoms with Crippen LogP contribution in [0.25, 0.3) is 0 Å². The molecular formula is C11H15NO2. The Labute approximate surface area is 84.1 Å². The van der Waals surface area contributed by atoms with Crippen molar-refractivity contribution in [2.24, 2.45) is 0 Å². The first-order chi connectivity index (χ1) is 6.63. The largest absolute Gasteiger partial charge is 0.481 e. The predicted octanol–water partition coefficient (Wildman–Crippen LogP) is 2.09. The average Bonchev–Trinajstić information content (AvgIpc) is 2.17. The number of rotatable bonds is 3. The fourth-order valence-corrected chi connectivity index (χ4v) is 1.11. The summed E-state index contributed by atoms with van der Waals surface area (Å²) in [6, 6.07) is 5.33. The van der Waals surface area contributed by atoms with E-state index in [1.165, 1.54) is 0 Å². The molecule has 1 aromatic heterocycles. The summed E-state index contributed by atoms with van der Waals surface area (Å²) < 4.78 is 4.97. The Kier molecular flexibility index (Phi) is 3.65. The van der Waals surface area contributed by atoms with Crippen LogP contribution in [0.2, 0.25) is 0 Å². The number of ether oxygens (including phenoxy) is 1. The number of allylic oxidation sites excluding steroid dienone is 1. The number of hydrogen-bond donors (Lipinski definition) is 1. The first-order valence-corrected chi connectivity index (χ1v) is 4.47. The Morgan fingerprint density at radius 2 is 2.21 bits per heavy atom. The van der Waals surface area contributed by atoms with Gasteiger partial charge < -0.3 is 9.84 Å². The van der Waals surface area contributed by atoms with Crippen LogP contribution in [0.1, 0.15) is 25.6 Å². The van der Waals surface area contributed by atoms with Crippen molar-refractivity contribution in [2.75, 3.05) is 7.11 Å². The lowest BCUT2D eigenvalue weighted by atomic mass is 10.2. The molecule has 0 amide bonds. The molecule has 0 fully saturated rings. The standard InChI is InChI=1S/C11H15NO2/c1-8(2)7-10(13)9-5-4-6-11(12-9)14-3/h4-7,10,13H,1-3H3. The van der Waals surface area contributed by atoms with Crippen molar-refractivity contribution in [3.8, 4) is 5.88 Å². The third-order valence-corrected chi connectivity index (χ3v) is 1.75. The normalized spacial score (nSPS) is 12.0. The maximum atomic E-state index is 9.72. The number of aliphatic hydroxyl groups is 1. The molecule has 1 atom stereocenters. The minimum Gasteiger partial charge on any atom is -0.481 e. The molecule has 0 radical (unpaired) electrons. The second-order valence-electron chi connectivity index (χ2n) is 3.29. The number of hydrogen-bond acceptors (Lipinski definition) is 3. The van der Waals surface area contributed by atoms with Crippen LogP contribution in [0, 0.1) is 0 Å². The van der Waals surface area contributed by atoms with Gasteiger partial charge in [-0.2, -0.15) is 0 Å². The first kappa shape index (κ1) is 10.7. The molecule has 3 nitrogen and oxygen atoms in total. The lowest BCUT2D eigenvalue weighted by Gasteiger charge is -2.07. The molecule has 76 valence electrons. The highest BCUT2D eigenvalue weighted by Gasteiger charge is 2.06. The minimum absolute atomic E-state index is 0.517. The van der Waals surface area contributed by atoms with E-state index in [0.717, 1.165) is 5.57 Å². The number of nitrogens with zero attached hydrogens (tertiary/aromatic N) is 1. The average molecular weight is 193 g/mol. The van der Waals surface area contributed by atoms with Crippen molar-refractivity contribution in [3.63, 3.8) is 0 Å². The monoisotopic (exact) mass is 193 g/mol. The van der Waals surface area contributed by atoms with Crippen LogP contribution >= 0.6 is 0 Å². The van der Waals surface area contributed by atoms with Crippen LogP contribution in [0.5, 0.6) is 5.88 Å². The highest BCUT2D eigenvalue weighted by molar-refractivity contribution is 5.20. The Hall–Kier alpha value is -1.35. The number of pyridine rings is 1. The number of aromatic nitrogens is 1. The molecule has 1 N–H and O–H groups in total. The fourth-order valence-electron chi connectivity index (χ4n) is 1.11. The van der Waals surface area contributed by atoms with Crippen molar-refractivity contribution in [2.45, 2.75) is 20.0 Å². The molecule has 1 heterocycles. The van der Waals surface area contributed by atoms with E-state index in [0.29, 0.717) is 11.6 Å². The van der Waals surface area contributed by atoms with Gasteiger partial charge in [0.1, 0.15) is 6.10 Å². The van der Waals surface area contributed by atoms with Crippen molar-refractivity contribution in [1.82, 2.24) is 4.98 Å². The smallest absolute Gasteiger partial charge is 0.213 e. The Bertz CT molecular complexity index is 330. The molecular weight excluding hydrogens is 178 g/mol. The van der Waals surface area contributed by atoms with Gasteiger partial charge in [-0.15, -0.1) is 0 Å². The van der Waals surface area contributed by atoms with Gasteiger partial charge in [-0.1, -0.05) is 17.7 Å². The summed E-state index contributed by atoms with van der Waals surface area (Å²) in [6.07, 6.45) is 1.09. The first-order valence-electron chi connectivity index (χ1n) is 4.47. The quantitative estimate of drug-likeness (QED) is 0.747. The Balaban J connectivity index is 2.89. The van der Waals surface area contributed by atoms with E-state index in [-0.39, 0.29) is 0 Å². The maximum absolute atomic E-state index is 9.72. The molecule has 14 heavy (non-hydrogen) atoms. The van der Waals surface area contributed by atoms with Gasteiger partial charge in [0.05, 0.1) is 12.8 Å². The molecule has 1 rings (SSSR count). The Morgan fingerprint density at radius 1 is 1.50 bits per heavy atom. The molecule has 0 aliphatic carbocycles. The van der Waals surface area contributed by atoms with E-state index in [4.69, 9.17) is 4.74 Å². The highest BCUT2D eigenvalue weighted by atomic mass is 16.5.